The Kier molecular flexibility index (Phi) is 5.72. The smallest absolute Gasteiger partial charge is 0.306 e. The summed E-state index contributed by atoms with van der Waals surface area (Å²) >= 11 is 1.58. The van der Waals surface area contributed by atoms with Gasteiger partial charge in [0.15, 0.2) is 0 Å². The maximum atomic E-state index is 12.6. The molecule has 0 radical (unpaired) electrons. The predicted molar refractivity (Wildman–Crippen MR) is 84.3 cm³/mol. The first-order chi connectivity index (χ1) is 10.4. The third-order valence-corrected chi connectivity index (χ3v) is 5.61. The van der Waals surface area contributed by atoms with Crippen molar-refractivity contribution in [3.63, 3.8) is 0 Å². The molecule has 0 aromatic heterocycles. The van der Waals surface area contributed by atoms with Crippen LogP contribution in [-0.4, -0.2) is 51.5 Å². The molecule has 2 unspecified atom stereocenters. The fraction of sp³-hybridized carbons (Fsp3) is 0.800. The van der Waals surface area contributed by atoms with Gasteiger partial charge in [0.1, 0.15) is 6.04 Å². The number of carboxylic acid groups (broad SMARTS) is 1. The van der Waals surface area contributed by atoms with Gasteiger partial charge in [-0.2, -0.15) is 0 Å². The zero-order valence-electron chi connectivity index (χ0n) is 13.1. The second kappa shape index (κ2) is 7.35. The zero-order valence-corrected chi connectivity index (χ0v) is 13.9. The first-order valence-electron chi connectivity index (χ1n) is 7.85. The van der Waals surface area contributed by atoms with Crippen LogP contribution in [-0.2, 0) is 14.4 Å². The summed E-state index contributed by atoms with van der Waals surface area (Å²) in [6.07, 6.45) is 2.41. The van der Waals surface area contributed by atoms with E-state index in [4.69, 9.17) is 5.11 Å². The molecule has 2 amide bonds. The third-order valence-electron chi connectivity index (χ3n) is 4.60. The number of nitrogens with zero attached hydrogens (tertiary/aromatic N) is 1. The number of hydrogen-bond donors (Lipinski definition) is 2. The number of aliphatic carboxylic acids is 1. The molecule has 0 aromatic rings. The van der Waals surface area contributed by atoms with Crippen LogP contribution < -0.4 is 5.32 Å². The minimum atomic E-state index is -0.822. The Hall–Kier alpha value is -1.24. The van der Waals surface area contributed by atoms with Gasteiger partial charge in [-0.1, -0.05) is 6.92 Å². The van der Waals surface area contributed by atoms with E-state index in [1.165, 1.54) is 0 Å². The van der Waals surface area contributed by atoms with E-state index >= 15 is 0 Å². The highest BCUT2D eigenvalue weighted by molar-refractivity contribution is 7.99. The van der Waals surface area contributed by atoms with Crippen molar-refractivity contribution >= 4 is 29.5 Å². The number of carboxylic acids is 1. The summed E-state index contributed by atoms with van der Waals surface area (Å²) in [6, 6.07) is -0.326. The number of hydrogen-bond acceptors (Lipinski definition) is 4. The summed E-state index contributed by atoms with van der Waals surface area (Å²) in [5, 5.41) is 12.0. The lowest BCUT2D eigenvalue weighted by Crippen LogP contribution is -2.50. The summed E-state index contributed by atoms with van der Waals surface area (Å²) in [5.74, 6) is -0.514. The Morgan fingerprint density at radius 3 is 2.59 bits per heavy atom. The Labute approximate surface area is 135 Å². The summed E-state index contributed by atoms with van der Waals surface area (Å²) in [5.41, 5.74) is 0. The Bertz CT molecular complexity index is 457. The zero-order chi connectivity index (χ0) is 16.3. The first-order valence-corrected chi connectivity index (χ1v) is 9.00. The highest BCUT2D eigenvalue weighted by atomic mass is 32.2. The van der Waals surface area contributed by atoms with E-state index in [2.05, 4.69) is 5.32 Å². The average Bonchev–Trinajstić information content (AvgIpc) is 3.15. The summed E-state index contributed by atoms with van der Waals surface area (Å²) in [7, 11) is 0. The lowest BCUT2D eigenvalue weighted by Gasteiger charge is -2.26. The fourth-order valence-corrected chi connectivity index (χ4v) is 4.15. The molecule has 2 N–H and O–H groups in total. The summed E-state index contributed by atoms with van der Waals surface area (Å²) in [4.78, 5) is 37.6. The molecule has 22 heavy (non-hydrogen) atoms. The summed E-state index contributed by atoms with van der Waals surface area (Å²) in [6.45, 7) is 3.95. The number of nitrogens with one attached hydrogen (secondary N) is 1. The monoisotopic (exact) mass is 328 g/mol. The molecule has 0 spiro atoms. The largest absolute Gasteiger partial charge is 0.481 e. The van der Waals surface area contributed by atoms with Crippen LogP contribution in [0.1, 0.15) is 39.5 Å². The molecule has 1 heterocycles. The van der Waals surface area contributed by atoms with E-state index in [-0.39, 0.29) is 23.8 Å². The molecular weight excluding hydrogens is 304 g/mol. The van der Waals surface area contributed by atoms with Crippen LogP contribution in [0.5, 0.6) is 0 Å². The van der Waals surface area contributed by atoms with Crippen molar-refractivity contribution in [2.45, 2.75) is 51.6 Å². The SMILES string of the molecule is CCC(C)NC(=O)C1CSCN1C(=O)[C@@H]1CC[C@H](C(=O)O)C1. The van der Waals surface area contributed by atoms with E-state index < -0.39 is 17.9 Å². The standard InChI is InChI=1S/C15H24N2O4S/c1-3-9(2)16-13(18)12-7-22-8-17(12)14(19)10-4-5-11(6-10)15(20)21/h9-12H,3-8H2,1-2H3,(H,16,18)(H,20,21)/t9?,10-,11+,12?/m1/s1. The highest BCUT2D eigenvalue weighted by Crippen LogP contribution is 2.34. The first kappa shape index (κ1) is 17.1. The number of rotatable bonds is 5. The number of carbonyl (C=O) groups excluding carboxylic acids is 2. The van der Waals surface area contributed by atoms with Gasteiger partial charge in [-0.15, -0.1) is 11.8 Å². The van der Waals surface area contributed by atoms with Crippen LogP contribution in [0.15, 0.2) is 0 Å². The summed E-state index contributed by atoms with van der Waals surface area (Å²) < 4.78 is 0. The van der Waals surface area contributed by atoms with Crippen LogP contribution in [0.3, 0.4) is 0 Å². The van der Waals surface area contributed by atoms with Gasteiger partial charge in [-0.3, -0.25) is 14.4 Å². The molecular formula is C15H24N2O4S. The molecule has 1 aliphatic heterocycles. The van der Waals surface area contributed by atoms with E-state index in [0.29, 0.717) is 30.9 Å². The topological polar surface area (TPSA) is 86.7 Å². The average molecular weight is 328 g/mol. The van der Waals surface area contributed by atoms with Crippen LogP contribution in [0.4, 0.5) is 0 Å². The number of thioether (sulfide) groups is 1. The molecule has 1 aliphatic carbocycles. The van der Waals surface area contributed by atoms with Crippen molar-refractivity contribution in [2.75, 3.05) is 11.6 Å². The third kappa shape index (κ3) is 3.74. The van der Waals surface area contributed by atoms with Crippen molar-refractivity contribution in [3.8, 4) is 0 Å². The van der Waals surface area contributed by atoms with Crippen molar-refractivity contribution in [2.24, 2.45) is 11.8 Å². The van der Waals surface area contributed by atoms with Gasteiger partial charge >= 0.3 is 5.97 Å². The van der Waals surface area contributed by atoms with Crippen molar-refractivity contribution in [1.29, 1.82) is 0 Å². The molecule has 0 bridgehead atoms. The molecule has 2 fully saturated rings. The molecule has 2 aliphatic rings. The van der Waals surface area contributed by atoms with Gasteiger partial charge in [0.25, 0.3) is 0 Å². The molecule has 6 nitrogen and oxygen atoms in total. The predicted octanol–water partition coefficient (Wildman–Crippen LogP) is 1.30. The minimum Gasteiger partial charge on any atom is -0.481 e. The normalized spacial score (nSPS) is 29.4. The lowest BCUT2D eigenvalue weighted by atomic mass is 10.0. The van der Waals surface area contributed by atoms with Crippen LogP contribution >= 0.6 is 11.8 Å². The molecule has 1 saturated carbocycles. The van der Waals surface area contributed by atoms with Crippen LogP contribution in [0.2, 0.25) is 0 Å². The maximum Gasteiger partial charge on any atom is 0.306 e. The molecule has 124 valence electrons. The van der Waals surface area contributed by atoms with E-state index in [1.54, 1.807) is 16.7 Å². The van der Waals surface area contributed by atoms with Gasteiger partial charge in [0.2, 0.25) is 11.8 Å². The second-order valence-corrected chi connectivity index (χ2v) is 7.19. The van der Waals surface area contributed by atoms with Crippen molar-refractivity contribution in [3.05, 3.63) is 0 Å². The van der Waals surface area contributed by atoms with Gasteiger partial charge in [-0.05, 0) is 32.6 Å². The van der Waals surface area contributed by atoms with Gasteiger partial charge in [0, 0.05) is 17.7 Å². The van der Waals surface area contributed by atoms with Crippen molar-refractivity contribution in [1.82, 2.24) is 10.2 Å². The van der Waals surface area contributed by atoms with Crippen LogP contribution in [0, 0.1) is 11.8 Å². The molecule has 7 heteroatoms. The van der Waals surface area contributed by atoms with E-state index in [9.17, 15) is 14.4 Å². The highest BCUT2D eigenvalue weighted by Gasteiger charge is 2.41. The van der Waals surface area contributed by atoms with E-state index in [1.807, 2.05) is 13.8 Å². The van der Waals surface area contributed by atoms with E-state index in [0.717, 1.165) is 6.42 Å². The van der Waals surface area contributed by atoms with Gasteiger partial charge in [0.05, 0.1) is 11.8 Å². The maximum absolute atomic E-state index is 12.6. The molecule has 4 atom stereocenters. The Morgan fingerprint density at radius 1 is 1.32 bits per heavy atom. The minimum absolute atomic E-state index is 0.0574. The van der Waals surface area contributed by atoms with Gasteiger partial charge < -0.3 is 15.3 Å². The fourth-order valence-electron chi connectivity index (χ4n) is 2.98. The Morgan fingerprint density at radius 2 is 2.00 bits per heavy atom. The molecule has 0 aromatic carbocycles. The number of amides is 2. The number of carbonyl (C=O) groups is 3. The van der Waals surface area contributed by atoms with Gasteiger partial charge in [-0.25, -0.2) is 0 Å². The molecule has 1 saturated heterocycles. The lowest BCUT2D eigenvalue weighted by molar-refractivity contribution is -0.143. The van der Waals surface area contributed by atoms with Crippen molar-refractivity contribution < 1.29 is 19.5 Å². The Balaban J connectivity index is 1.97. The second-order valence-electron chi connectivity index (χ2n) is 6.19. The molecule has 2 rings (SSSR count). The quantitative estimate of drug-likeness (QED) is 0.794. The van der Waals surface area contributed by atoms with Crippen LogP contribution in [0.25, 0.3) is 0 Å².